The van der Waals surface area contributed by atoms with E-state index in [4.69, 9.17) is 0 Å². The number of guanidine groups is 1. The summed E-state index contributed by atoms with van der Waals surface area (Å²) < 4.78 is 61.3. The molecule has 0 aliphatic carbocycles. The van der Waals surface area contributed by atoms with E-state index >= 15 is 0 Å². The number of aliphatic imine (C=N–C) groups is 1. The van der Waals surface area contributed by atoms with Crippen molar-refractivity contribution in [3.8, 4) is 0 Å². The fraction of sp³-hybridized carbons (Fsp3) is 0.588. The Balaban J connectivity index is 0.00000364. The summed E-state index contributed by atoms with van der Waals surface area (Å²) in [6.45, 7) is 6.75. The van der Waals surface area contributed by atoms with E-state index in [1.165, 1.54) is 12.1 Å². The van der Waals surface area contributed by atoms with Crippen LogP contribution in [0.1, 0.15) is 31.9 Å². The fourth-order valence-electron chi connectivity index (χ4n) is 2.72. The number of alkyl halides is 3. The number of sulfone groups is 1. The monoisotopic (exact) mass is 519 g/mol. The summed E-state index contributed by atoms with van der Waals surface area (Å²) in [5, 5.41) is 3.12. The maximum atomic E-state index is 12.6. The van der Waals surface area contributed by atoms with E-state index in [9.17, 15) is 21.6 Å². The molecule has 0 bridgehead atoms. The van der Waals surface area contributed by atoms with E-state index in [1.807, 2.05) is 11.8 Å². The summed E-state index contributed by atoms with van der Waals surface area (Å²) in [7, 11) is -3.16. The normalized spacial score (nSPS) is 19.3. The Morgan fingerprint density at radius 2 is 1.85 bits per heavy atom. The lowest BCUT2D eigenvalue weighted by atomic mass is 10.1. The van der Waals surface area contributed by atoms with Gasteiger partial charge >= 0.3 is 6.18 Å². The Bertz CT molecular complexity index is 763. The number of halogens is 4. The number of nitrogens with one attached hydrogen (secondary N) is 1. The average molecular weight is 519 g/mol. The lowest BCUT2D eigenvalue weighted by Gasteiger charge is -2.39. The van der Waals surface area contributed by atoms with Gasteiger partial charge in [0.15, 0.2) is 15.8 Å². The van der Waals surface area contributed by atoms with E-state index < -0.39 is 26.3 Å². The lowest BCUT2D eigenvalue weighted by molar-refractivity contribution is -0.137. The van der Waals surface area contributed by atoms with Crippen LogP contribution in [0.3, 0.4) is 0 Å². The van der Waals surface area contributed by atoms with Crippen molar-refractivity contribution in [2.45, 2.75) is 38.2 Å². The first kappa shape index (κ1) is 24.0. The van der Waals surface area contributed by atoms with E-state index in [-0.39, 0.29) is 36.3 Å². The number of nitrogens with zero attached hydrogens (tertiary/aromatic N) is 2. The van der Waals surface area contributed by atoms with Gasteiger partial charge in [0.2, 0.25) is 0 Å². The Hall–Kier alpha value is -1.04. The van der Waals surface area contributed by atoms with Crippen molar-refractivity contribution in [3.63, 3.8) is 0 Å². The molecule has 1 fully saturated rings. The minimum absolute atomic E-state index is 0. The molecular weight excluding hydrogens is 494 g/mol. The molecule has 1 aliphatic heterocycles. The molecule has 2 rings (SSSR count). The second-order valence-corrected chi connectivity index (χ2v) is 9.61. The summed E-state index contributed by atoms with van der Waals surface area (Å²) in [5.41, 5.74) is -0.0441. The molecule has 0 aromatic heterocycles. The van der Waals surface area contributed by atoms with E-state index in [2.05, 4.69) is 10.3 Å². The van der Waals surface area contributed by atoms with Crippen LogP contribution in [0.25, 0.3) is 0 Å². The van der Waals surface area contributed by atoms with Crippen molar-refractivity contribution in [2.24, 2.45) is 4.99 Å². The summed E-state index contributed by atoms with van der Waals surface area (Å²) in [4.78, 5) is 6.35. The van der Waals surface area contributed by atoms with Gasteiger partial charge in [-0.2, -0.15) is 13.2 Å². The van der Waals surface area contributed by atoms with Gasteiger partial charge in [-0.1, -0.05) is 12.1 Å². The lowest BCUT2D eigenvalue weighted by Crippen LogP contribution is -2.57. The van der Waals surface area contributed by atoms with Crippen molar-refractivity contribution in [3.05, 3.63) is 35.4 Å². The molecule has 1 aromatic rings. The van der Waals surface area contributed by atoms with E-state index in [1.54, 1.807) is 13.8 Å². The highest BCUT2D eigenvalue weighted by Gasteiger charge is 2.41. The molecule has 1 heterocycles. The van der Waals surface area contributed by atoms with Gasteiger partial charge in [-0.3, -0.25) is 0 Å². The van der Waals surface area contributed by atoms with Gasteiger partial charge in [0.05, 0.1) is 22.6 Å². The molecule has 0 saturated carbocycles. The molecule has 10 heteroatoms. The fourth-order valence-corrected chi connectivity index (χ4v) is 4.08. The molecule has 0 radical (unpaired) electrons. The summed E-state index contributed by atoms with van der Waals surface area (Å²) in [5.74, 6) is 0.611. The van der Waals surface area contributed by atoms with Crippen LogP contribution in [-0.2, 0) is 22.6 Å². The van der Waals surface area contributed by atoms with E-state index in [0.717, 1.165) is 12.1 Å². The highest BCUT2D eigenvalue weighted by Crippen LogP contribution is 2.29. The molecular formula is C17H25F3IN3O2S. The second kappa shape index (κ2) is 8.97. The van der Waals surface area contributed by atoms with Gasteiger partial charge < -0.3 is 10.2 Å². The minimum atomic E-state index is -4.36. The van der Waals surface area contributed by atoms with Crippen LogP contribution >= 0.6 is 24.0 Å². The largest absolute Gasteiger partial charge is 0.416 e. The molecule has 0 amide bonds. The minimum Gasteiger partial charge on any atom is -0.357 e. The van der Waals surface area contributed by atoms with Crippen LogP contribution in [0.2, 0.25) is 0 Å². The molecule has 1 aromatic carbocycles. The second-order valence-electron chi connectivity index (χ2n) is 6.86. The van der Waals surface area contributed by atoms with Gasteiger partial charge in [0.25, 0.3) is 0 Å². The molecule has 0 atom stereocenters. The molecule has 1 aliphatic rings. The molecule has 27 heavy (non-hydrogen) atoms. The SMILES string of the molecule is CCNC(=NCc1ccc(C(F)(F)F)cc1)N1CCS(=O)(=O)C(C)(C)C1.I. The third-order valence-corrected chi connectivity index (χ3v) is 6.90. The van der Waals surface area contributed by atoms with Crippen molar-refractivity contribution in [2.75, 3.05) is 25.4 Å². The van der Waals surface area contributed by atoms with Gasteiger partial charge in [-0.05, 0) is 38.5 Å². The van der Waals surface area contributed by atoms with Crippen LogP contribution in [0.15, 0.2) is 29.3 Å². The molecule has 1 saturated heterocycles. The number of rotatable bonds is 3. The first-order chi connectivity index (χ1) is 12.0. The molecule has 5 nitrogen and oxygen atoms in total. The Kier molecular flexibility index (Phi) is 7.98. The first-order valence-electron chi connectivity index (χ1n) is 8.38. The molecule has 0 unspecified atom stereocenters. The van der Waals surface area contributed by atoms with Crippen LogP contribution < -0.4 is 5.32 Å². The van der Waals surface area contributed by atoms with Crippen LogP contribution in [0.5, 0.6) is 0 Å². The smallest absolute Gasteiger partial charge is 0.357 e. The van der Waals surface area contributed by atoms with Crippen molar-refractivity contribution >= 4 is 39.8 Å². The zero-order valence-corrected chi connectivity index (χ0v) is 18.7. The quantitative estimate of drug-likeness (QED) is 0.379. The highest BCUT2D eigenvalue weighted by atomic mass is 127. The maximum Gasteiger partial charge on any atom is 0.416 e. The number of hydrogen-bond acceptors (Lipinski definition) is 3. The first-order valence-corrected chi connectivity index (χ1v) is 10.0. The van der Waals surface area contributed by atoms with Crippen molar-refractivity contribution in [1.82, 2.24) is 10.2 Å². The summed E-state index contributed by atoms with van der Waals surface area (Å²) >= 11 is 0. The number of benzene rings is 1. The highest BCUT2D eigenvalue weighted by molar-refractivity contribution is 14.0. The number of hydrogen-bond donors (Lipinski definition) is 1. The molecule has 1 N–H and O–H groups in total. The summed E-state index contributed by atoms with van der Waals surface area (Å²) in [6.07, 6.45) is -4.36. The Morgan fingerprint density at radius 3 is 2.33 bits per heavy atom. The predicted octanol–water partition coefficient (Wildman–Crippen LogP) is 3.30. The third-order valence-electron chi connectivity index (χ3n) is 4.37. The standard InChI is InChI=1S/C17H24F3N3O2S.HI/c1-4-21-15(23-9-10-26(24,25)16(2,3)12-23)22-11-13-5-7-14(8-6-13)17(18,19)20;/h5-8H,4,9-12H2,1-3H3,(H,21,22);1H. The van der Waals surface area contributed by atoms with Crippen molar-refractivity contribution < 1.29 is 21.6 Å². The topological polar surface area (TPSA) is 61.8 Å². The van der Waals surface area contributed by atoms with Gasteiger partial charge in [0, 0.05) is 19.6 Å². The Labute approximate surface area is 175 Å². The predicted molar refractivity (Wildman–Crippen MR) is 111 cm³/mol. The van der Waals surface area contributed by atoms with Gasteiger partial charge in [-0.15, -0.1) is 24.0 Å². The van der Waals surface area contributed by atoms with Crippen LogP contribution in [-0.4, -0.2) is 49.4 Å². The summed E-state index contributed by atoms with van der Waals surface area (Å²) in [6, 6.07) is 4.88. The third kappa shape index (κ3) is 5.97. The molecule has 154 valence electrons. The zero-order valence-electron chi connectivity index (χ0n) is 15.5. The van der Waals surface area contributed by atoms with Crippen LogP contribution in [0, 0.1) is 0 Å². The van der Waals surface area contributed by atoms with Crippen molar-refractivity contribution in [1.29, 1.82) is 0 Å². The average Bonchev–Trinajstić information content (AvgIpc) is 2.54. The van der Waals surface area contributed by atoms with E-state index in [0.29, 0.717) is 31.2 Å². The van der Waals surface area contributed by atoms with Gasteiger partial charge in [-0.25, -0.2) is 13.4 Å². The van der Waals surface area contributed by atoms with Gasteiger partial charge in [0.1, 0.15) is 0 Å². The molecule has 0 spiro atoms. The van der Waals surface area contributed by atoms with Crippen LogP contribution in [0.4, 0.5) is 13.2 Å². The Morgan fingerprint density at radius 1 is 1.26 bits per heavy atom. The zero-order chi connectivity index (χ0) is 19.6. The maximum absolute atomic E-state index is 12.6.